The van der Waals surface area contributed by atoms with Crippen LogP contribution in [0.1, 0.15) is 6.42 Å². The van der Waals surface area contributed by atoms with E-state index in [1.165, 1.54) is 0 Å². The number of ether oxygens (including phenoxy) is 3. The molecule has 88 valence electrons. The number of hydrogen-bond donors (Lipinski definition) is 1. The first-order valence-corrected chi connectivity index (χ1v) is 5.33. The molecule has 0 amide bonds. The Hall–Kier alpha value is -1.26. The van der Waals surface area contributed by atoms with Gasteiger partial charge in [-0.25, -0.2) is 0 Å². The fraction of sp³-hybridized carbons (Fsp3) is 0.500. The smallest absolute Gasteiger partial charge is 0.128 e. The first kappa shape index (κ1) is 11.2. The molecule has 0 spiro atoms. The van der Waals surface area contributed by atoms with Gasteiger partial charge in [0.2, 0.25) is 0 Å². The van der Waals surface area contributed by atoms with E-state index in [1.54, 1.807) is 14.2 Å². The summed E-state index contributed by atoms with van der Waals surface area (Å²) in [5, 5.41) is 0. The number of hydrogen-bond acceptors (Lipinski definition) is 4. The number of methoxy groups -OCH3 is 2. The van der Waals surface area contributed by atoms with Crippen LogP contribution in [0.2, 0.25) is 0 Å². The van der Waals surface area contributed by atoms with Crippen molar-refractivity contribution in [2.75, 3.05) is 14.2 Å². The van der Waals surface area contributed by atoms with Gasteiger partial charge in [-0.3, -0.25) is 0 Å². The van der Waals surface area contributed by atoms with Crippen LogP contribution in [-0.2, 0) is 4.74 Å². The zero-order valence-corrected chi connectivity index (χ0v) is 9.55. The molecule has 1 fully saturated rings. The zero-order chi connectivity index (χ0) is 11.5. The van der Waals surface area contributed by atoms with Crippen molar-refractivity contribution >= 4 is 0 Å². The summed E-state index contributed by atoms with van der Waals surface area (Å²) >= 11 is 0. The molecule has 0 bridgehead atoms. The fourth-order valence-corrected chi connectivity index (χ4v) is 1.91. The Morgan fingerprint density at radius 3 is 2.62 bits per heavy atom. The van der Waals surface area contributed by atoms with Crippen LogP contribution in [0.15, 0.2) is 24.3 Å². The maximum atomic E-state index is 5.80. The third-order valence-corrected chi connectivity index (χ3v) is 2.89. The molecule has 2 N–H and O–H groups in total. The molecule has 3 unspecified atom stereocenters. The SMILES string of the molecule is COc1cccc(OC2CC(N)C2OC)c1. The van der Waals surface area contributed by atoms with Gasteiger partial charge in [0.25, 0.3) is 0 Å². The fourth-order valence-electron chi connectivity index (χ4n) is 1.91. The summed E-state index contributed by atoms with van der Waals surface area (Å²) in [6.45, 7) is 0. The van der Waals surface area contributed by atoms with Gasteiger partial charge in [0, 0.05) is 25.6 Å². The molecule has 2 rings (SSSR count). The van der Waals surface area contributed by atoms with E-state index in [2.05, 4.69) is 0 Å². The first-order valence-electron chi connectivity index (χ1n) is 5.33. The predicted molar refractivity (Wildman–Crippen MR) is 60.8 cm³/mol. The van der Waals surface area contributed by atoms with Crippen LogP contribution in [0.3, 0.4) is 0 Å². The third kappa shape index (κ3) is 2.13. The van der Waals surface area contributed by atoms with Crippen LogP contribution >= 0.6 is 0 Å². The molecule has 4 nitrogen and oxygen atoms in total. The summed E-state index contributed by atoms with van der Waals surface area (Å²) in [7, 11) is 3.29. The molecule has 1 aromatic rings. The van der Waals surface area contributed by atoms with Gasteiger partial charge in [0.05, 0.1) is 7.11 Å². The first-order chi connectivity index (χ1) is 7.74. The van der Waals surface area contributed by atoms with Crippen LogP contribution < -0.4 is 15.2 Å². The van der Waals surface area contributed by atoms with Crippen molar-refractivity contribution in [3.8, 4) is 11.5 Å². The van der Waals surface area contributed by atoms with Crippen LogP contribution in [0.4, 0.5) is 0 Å². The maximum Gasteiger partial charge on any atom is 0.128 e. The minimum atomic E-state index is -0.00815. The van der Waals surface area contributed by atoms with Crippen LogP contribution in [0.25, 0.3) is 0 Å². The normalized spacial score (nSPS) is 28.3. The highest BCUT2D eigenvalue weighted by molar-refractivity contribution is 5.33. The molecule has 4 heteroatoms. The zero-order valence-electron chi connectivity index (χ0n) is 9.55. The van der Waals surface area contributed by atoms with Gasteiger partial charge in [-0.1, -0.05) is 6.07 Å². The Balaban J connectivity index is 1.99. The van der Waals surface area contributed by atoms with Gasteiger partial charge >= 0.3 is 0 Å². The Morgan fingerprint density at radius 2 is 2.00 bits per heavy atom. The van der Waals surface area contributed by atoms with Crippen molar-refractivity contribution in [1.29, 1.82) is 0 Å². The lowest BCUT2D eigenvalue weighted by atomic mass is 9.86. The van der Waals surface area contributed by atoms with Crippen molar-refractivity contribution in [3.63, 3.8) is 0 Å². The second-order valence-electron chi connectivity index (χ2n) is 3.94. The molecule has 1 aliphatic rings. The molecule has 0 aliphatic heterocycles. The minimum Gasteiger partial charge on any atom is -0.497 e. The molecule has 0 saturated heterocycles. The van der Waals surface area contributed by atoms with E-state index in [4.69, 9.17) is 19.9 Å². The highest BCUT2D eigenvalue weighted by atomic mass is 16.5. The van der Waals surface area contributed by atoms with Gasteiger partial charge in [-0.15, -0.1) is 0 Å². The highest BCUT2D eigenvalue weighted by Crippen LogP contribution is 2.28. The Labute approximate surface area is 95.3 Å². The standard InChI is InChI=1S/C12H17NO3/c1-14-8-4-3-5-9(6-8)16-11-7-10(13)12(11)15-2/h3-6,10-12H,7,13H2,1-2H3. The van der Waals surface area contributed by atoms with E-state index >= 15 is 0 Å². The summed E-state index contributed by atoms with van der Waals surface area (Å²) < 4.78 is 16.2. The van der Waals surface area contributed by atoms with E-state index < -0.39 is 0 Å². The Morgan fingerprint density at radius 1 is 1.25 bits per heavy atom. The average Bonchev–Trinajstić information content (AvgIpc) is 2.29. The molecule has 1 saturated carbocycles. The Bertz CT molecular complexity index is 356. The molecule has 1 aliphatic carbocycles. The quantitative estimate of drug-likeness (QED) is 0.833. The van der Waals surface area contributed by atoms with E-state index in [9.17, 15) is 0 Å². The molecule has 0 aromatic heterocycles. The molecule has 16 heavy (non-hydrogen) atoms. The number of nitrogens with two attached hydrogens (primary N) is 1. The Kier molecular flexibility index (Phi) is 3.31. The summed E-state index contributed by atoms with van der Waals surface area (Å²) in [6, 6.07) is 7.62. The van der Waals surface area contributed by atoms with E-state index in [0.29, 0.717) is 0 Å². The lowest BCUT2D eigenvalue weighted by Crippen LogP contribution is -2.59. The summed E-state index contributed by atoms with van der Waals surface area (Å²) in [5.74, 6) is 1.58. The second kappa shape index (κ2) is 4.72. The van der Waals surface area contributed by atoms with Crippen molar-refractivity contribution < 1.29 is 14.2 Å². The number of rotatable bonds is 4. The van der Waals surface area contributed by atoms with Gasteiger partial charge in [-0.2, -0.15) is 0 Å². The second-order valence-corrected chi connectivity index (χ2v) is 3.94. The van der Waals surface area contributed by atoms with E-state index in [0.717, 1.165) is 17.9 Å². The summed E-state index contributed by atoms with van der Waals surface area (Å²) in [5.41, 5.74) is 5.80. The maximum absolute atomic E-state index is 5.80. The molecule has 3 atom stereocenters. The molecule has 0 heterocycles. The molecular formula is C12H17NO3. The third-order valence-electron chi connectivity index (χ3n) is 2.89. The van der Waals surface area contributed by atoms with Crippen molar-refractivity contribution in [2.45, 2.75) is 24.7 Å². The van der Waals surface area contributed by atoms with Crippen molar-refractivity contribution in [1.82, 2.24) is 0 Å². The number of benzene rings is 1. The predicted octanol–water partition coefficient (Wildman–Crippen LogP) is 1.19. The van der Waals surface area contributed by atoms with Crippen molar-refractivity contribution in [2.24, 2.45) is 5.73 Å². The molecule has 0 radical (unpaired) electrons. The van der Waals surface area contributed by atoms with Crippen LogP contribution in [0.5, 0.6) is 11.5 Å². The monoisotopic (exact) mass is 223 g/mol. The van der Waals surface area contributed by atoms with Crippen LogP contribution in [0, 0.1) is 0 Å². The average molecular weight is 223 g/mol. The summed E-state index contributed by atoms with van der Waals surface area (Å²) in [6.07, 6.45) is 0.869. The van der Waals surface area contributed by atoms with Gasteiger partial charge in [0.1, 0.15) is 23.7 Å². The van der Waals surface area contributed by atoms with Gasteiger partial charge in [0.15, 0.2) is 0 Å². The molecular weight excluding hydrogens is 206 g/mol. The van der Waals surface area contributed by atoms with Crippen molar-refractivity contribution in [3.05, 3.63) is 24.3 Å². The van der Waals surface area contributed by atoms with E-state index in [1.807, 2.05) is 24.3 Å². The van der Waals surface area contributed by atoms with E-state index in [-0.39, 0.29) is 18.2 Å². The van der Waals surface area contributed by atoms with Gasteiger partial charge in [-0.05, 0) is 12.1 Å². The summed E-state index contributed by atoms with van der Waals surface area (Å²) in [4.78, 5) is 0. The molecule has 1 aromatic carbocycles. The minimum absolute atomic E-state index is 0.00815. The van der Waals surface area contributed by atoms with Gasteiger partial charge < -0.3 is 19.9 Å². The highest BCUT2D eigenvalue weighted by Gasteiger charge is 2.40. The largest absolute Gasteiger partial charge is 0.497 e. The lowest BCUT2D eigenvalue weighted by Gasteiger charge is -2.40. The topological polar surface area (TPSA) is 53.7 Å². The van der Waals surface area contributed by atoms with Crippen LogP contribution in [-0.4, -0.2) is 32.5 Å². The lowest BCUT2D eigenvalue weighted by molar-refractivity contribution is -0.0782.